The van der Waals surface area contributed by atoms with Crippen molar-refractivity contribution in [3.8, 4) is 0 Å². The van der Waals surface area contributed by atoms with Gasteiger partial charge in [-0.3, -0.25) is 39.0 Å². The molecule has 3 rings (SSSR count). The van der Waals surface area contributed by atoms with Crippen molar-refractivity contribution in [2.45, 2.75) is 58.3 Å². The molecular weight excluding hydrogens is 572 g/mol. The number of carbonyl (C=O) groups excluding carboxylic acids is 5. The third-order valence-electron chi connectivity index (χ3n) is 5.45. The molecule has 2 saturated heterocycles. The number of amides is 1. The summed E-state index contributed by atoms with van der Waals surface area (Å²) in [6.45, 7) is 3.91. The highest BCUT2D eigenvalue weighted by atomic mass is 32.2. The highest BCUT2D eigenvalue weighted by Gasteiger charge is 2.56. The standard InChI is InChI=1S/C24H24N2O12S2/c1-11(27)34-10-17-19(35-12(2)28)20(36-13(3)29)21(37-14(4)30)23(38-17)25-22(31)18(40-24(25)39)9-15-5-7-16(8-6-15)26(32)33/h5-9,17,19-21,23H,10H2,1-4H3/b18-9+/t17-,19+,20+,21+,23-/m1/s1. The molecule has 5 atom stereocenters. The van der Waals surface area contributed by atoms with Crippen molar-refractivity contribution >= 4 is 69.8 Å². The summed E-state index contributed by atoms with van der Waals surface area (Å²) < 4.78 is 27.2. The zero-order chi connectivity index (χ0) is 29.7. The summed E-state index contributed by atoms with van der Waals surface area (Å²) in [7, 11) is 0. The fourth-order valence-electron chi connectivity index (χ4n) is 3.96. The molecule has 1 aromatic rings. The van der Waals surface area contributed by atoms with Gasteiger partial charge in [0.2, 0.25) is 0 Å². The maximum Gasteiger partial charge on any atom is 0.303 e. The number of benzene rings is 1. The van der Waals surface area contributed by atoms with Crippen molar-refractivity contribution in [2.75, 3.05) is 6.61 Å². The van der Waals surface area contributed by atoms with Gasteiger partial charge in [0.15, 0.2) is 28.9 Å². The number of hydrogen-bond acceptors (Lipinski definition) is 14. The van der Waals surface area contributed by atoms with E-state index in [4.69, 9.17) is 35.9 Å². The highest BCUT2D eigenvalue weighted by molar-refractivity contribution is 8.26. The minimum Gasteiger partial charge on any atom is -0.463 e. The van der Waals surface area contributed by atoms with Crippen LogP contribution in [0.2, 0.25) is 0 Å². The molecule has 0 aromatic heterocycles. The predicted octanol–water partition coefficient (Wildman–Crippen LogP) is 1.88. The molecule has 2 aliphatic rings. The van der Waals surface area contributed by atoms with E-state index >= 15 is 0 Å². The molecule has 14 nitrogen and oxygen atoms in total. The van der Waals surface area contributed by atoms with E-state index < -0.39 is 72.0 Å². The Morgan fingerprint density at radius 2 is 1.52 bits per heavy atom. The molecule has 2 heterocycles. The average molecular weight is 597 g/mol. The number of thiocarbonyl (C=S) groups is 1. The van der Waals surface area contributed by atoms with Crippen LogP contribution >= 0.6 is 24.0 Å². The monoisotopic (exact) mass is 596 g/mol. The van der Waals surface area contributed by atoms with Crippen LogP contribution in [0.25, 0.3) is 6.08 Å². The van der Waals surface area contributed by atoms with Gasteiger partial charge in [0, 0.05) is 39.8 Å². The molecule has 40 heavy (non-hydrogen) atoms. The number of thioether (sulfide) groups is 1. The Balaban J connectivity index is 2.03. The molecule has 214 valence electrons. The van der Waals surface area contributed by atoms with Gasteiger partial charge in [-0.05, 0) is 23.8 Å². The van der Waals surface area contributed by atoms with Crippen LogP contribution in [0.15, 0.2) is 29.2 Å². The lowest BCUT2D eigenvalue weighted by Gasteiger charge is -2.46. The average Bonchev–Trinajstić information content (AvgIpc) is 3.12. The van der Waals surface area contributed by atoms with E-state index in [1.54, 1.807) is 0 Å². The van der Waals surface area contributed by atoms with Crippen LogP contribution in [0, 0.1) is 10.1 Å². The molecule has 0 N–H and O–H groups in total. The first-order chi connectivity index (χ1) is 18.8. The Morgan fingerprint density at radius 3 is 2.05 bits per heavy atom. The van der Waals surface area contributed by atoms with Crippen LogP contribution in [-0.2, 0) is 47.7 Å². The maximum absolute atomic E-state index is 13.5. The molecule has 2 aliphatic heterocycles. The fourth-order valence-corrected chi connectivity index (χ4v) is 5.27. The number of esters is 4. The molecule has 1 aromatic carbocycles. The van der Waals surface area contributed by atoms with Gasteiger partial charge >= 0.3 is 23.9 Å². The first-order valence-electron chi connectivity index (χ1n) is 11.6. The number of nitro groups is 1. The lowest BCUT2D eigenvalue weighted by Crippen LogP contribution is -2.66. The lowest BCUT2D eigenvalue weighted by molar-refractivity contribution is -0.384. The van der Waals surface area contributed by atoms with E-state index in [0.29, 0.717) is 5.56 Å². The lowest BCUT2D eigenvalue weighted by atomic mass is 9.96. The van der Waals surface area contributed by atoms with E-state index in [9.17, 15) is 34.1 Å². The van der Waals surface area contributed by atoms with Gasteiger partial charge in [-0.1, -0.05) is 24.0 Å². The van der Waals surface area contributed by atoms with E-state index in [0.717, 1.165) is 44.4 Å². The van der Waals surface area contributed by atoms with E-state index in [-0.39, 0.29) is 14.9 Å². The number of hydrogen-bond donors (Lipinski definition) is 0. The van der Waals surface area contributed by atoms with Crippen LogP contribution in [0.5, 0.6) is 0 Å². The van der Waals surface area contributed by atoms with Crippen molar-refractivity contribution in [1.82, 2.24) is 4.90 Å². The predicted molar refractivity (Wildman–Crippen MR) is 140 cm³/mol. The summed E-state index contributed by atoms with van der Waals surface area (Å²) >= 11 is 6.31. The summed E-state index contributed by atoms with van der Waals surface area (Å²) in [5.74, 6) is -3.81. The molecule has 0 radical (unpaired) electrons. The molecule has 16 heteroatoms. The zero-order valence-electron chi connectivity index (χ0n) is 21.6. The van der Waals surface area contributed by atoms with Crippen LogP contribution < -0.4 is 0 Å². The number of non-ortho nitro benzene ring substituents is 1. The van der Waals surface area contributed by atoms with Gasteiger partial charge < -0.3 is 23.7 Å². The summed E-state index contributed by atoms with van der Waals surface area (Å²) in [5, 5.41) is 10.9. The summed E-state index contributed by atoms with van der Waals surface area (Å²) in [4.78, 5) is 72.6. The minimum atomic E-state index is -1.51. The van der Waals surface area contributed by atoms with Crippen LogP contribution in [-0.4, -0.2) is 81.2 Å². The van der Waals surface area contributed by atoms with E-state index in [1.165, 1.54) is 30.3 Å². The molecule has 0 unspecified atom stereocenters. The molecule has 1 amide bonds. The number of ether oxygens (including phenoxy) is 5. The maximum atomic E-state index is 13.5. The van der Waals surface area contributed by atoms with E-state index in [2.05, 4.69) is 0 Å². The number of nitrogens with zero attached hydrogens (tertiary/aromatic N) is 2. The SMILES string of the molecule is CC(=O)OC[C@H]1O[C@@H](N2C(=O)/C(=C\c3ccc([N+](=O)[O-])cc3)SC2=S)[C@@H](OC(C)=O)[C@@H](OC(C)=O)[C@H]1OC(C)=O. The Morgan fingerprint density at radius 1 is 0.975 bits per heavy atom. The molecule has 0 aliphatic carbocycles. The Labute approximate surface area is 237 Å². The minimum absolute atomic E-state index is 0.0148. The number of nitro benzene ring substituents is 1. The molecule has 0 spiro atoms. The van der Waals surface area contributed by atoms with Crippen molar-refractivity contribution < 1.29 is 52.6 Å². The normalized spacial score (nSPS) is 25.4. The van der Waals surface area contributed by atoms with Crippen molar-refractivity contribution in [3.63, 3.8) is 0 Å². The molecule has 0 bridgehead atoms. The first kappa shape index (κ1) is 30.6. The largest absolute Gasteiger partial charge is 0.463 e. The number of carbonyl (C=O) groups is 5. The van der Waals surface area contributed by atoms with Gasteiger partial charge in [-0.2, -0.15) is 0 Å². The van der Waals surface area contributed by atoms with Crippen LogP contribution in [0.4, 0.5) is 5.69 Å². The third-order valence-corrected chi connectivity index (χ3v) is 6.78. The van der Waals surface area contributed by atoms with Crippen LogP contribution in [0.1, 0.15) is 33.3 Å². The molecular formula is C24H24N2O12S2. The Hall–Kier alpha value is -3.89. The van der Waals surface area contributed by atoms with Crippen LogP contribution in [0.3, 0.4) is 0 Å². The van der Waals surface area contributed by atoms with Gasteiger partial charge in [-0.25, -0.2) is 0 Å². The first-order valence-corrected chi connectivity index (χ1v) is 12.8. The molecule has 0 saturated carbocycles. The van der Waals surface area contributed by atoms with Crippen molar-refractivity contribution in [2.24, 2.45) is 0 Å². The third kappa shape index (κ3) is 7.40. The quantitative estimate of drug-likeness (QED) is 0.106. The second-order valence-electron chi connectivity index (χ2n) is 8.49. The topological polar surface area (TPSA) is 178 Å². The fraction of sp³-hybridized carbons (Fsp3) is 0.417. The molecule has 2 fully saturated rings. The Bertz CT molecular complexity index is 1260. The van der Waals surface area contributed by atoms with Gasteiger partial charge in [0.25, 0.3) is 11.6 Å². The second kappa shape index (κ2) is 13.0. The van der Waals surface area contributed by atoms with Crippen molar-refractivity contribution in [1.29, 1.82) is 0 Å². The van der Waals surface area contributed by atoms with Gasteiger partial charge in [-0.15, -0.1) is 0 Å². The van der Waals surface area contributed by atoms with E-state index in [1.807, 2.05) is 0 Å². The Kier molecular flexibility index (Phi) is 9.94. The second-order valence-corrected chi connectivity index (χ2v) is 10.2. The summed E-state index contributed by atoms with van der Waals surface area (Å²) in [5.41, 5.74) is 0.329. The van der Waals surface area contributed by atoms with Gasteiger partial charge in [0.1, 0.15) is 12.7 Å². The summed E-state index contributed by atoms with van der Waals surface area (Å²) in [6.07, 6.45) is -5.69. The van der Waals surface area contributed by atoms with Crippen molar-refractivity contribution in [3.05, 3.63) is 44.8 Å². The number of rotatable bonds is 8. The smallest absolute Gasteiger partial charge is 0.303 e. The zero-order valence-corrected chi connectivity index (χ0v) is 23.2. The highest BCUT2D eigenvalue weighted by Crippen LogP contribution is 2.39. The summed E-state index contributed by atoms with van der Waals surface area (Å²) in [6, 6.07) is 5.43. The van der Waals surface area contributed by atoms with Gasteiger partial charge in [0.05, 0.1) is 9.83 Å².